The predicted molar refractivity (Wildman–Crippen MR) is 94.7 cm³/mol. The molecule has 0 aliphatic heterocycles. The molecule has 2 amide bonds. The zero-order valence-electron chi connectivity index (χ0n) is 13.8. The van der Waals surface area contributed by atoms with Gasteiger partial charge in [0, 0.05) is 24.7 Å². The number of rotatable bonds is 5. The van der Waals surface area contributed by atoms with Crippen molar-refractivity contribution in [3.05, 3.63) is 75.5 Å². The minimum Gasteiger partial charge on any atom is -0.322 e. The average Bonchev–Trinajstić information content (AvgIpc) is 2.56. The Labute approximate surface area is 144 Å². The standard InChI is InChI=1S/C18H17N3O4/c1-12-3-7-15(8-4-12)20-18(23)17(19-13(2)22)11-14-5-9-16(10-6-14)21(24)25/h3-11H,1-2H3,(H,19,22)(H,20,23)/b17-11-. The van der Waals surface area contributed by atoms with E-state index in [0.717, 1.165) is 5.56 Å². The number of carbonyl (C=O) groups excluding carboxylic acids is 2. The maximum atomic E-state index is 12.4. The van der Waals surface area contributed by atoms with E-state index in [1.807, 2.05) is 19.1 Å². The van der Waals surface area contributed by atoms with E-state index in [9.17, 15) is 19.7 Å². The smallest absolute Gasteiger partial charge is 0.272 e. The highest BCUT2D eigenvalue weighted by atomic mass is 16.6. The quantitative estimate of drug-likeness (QED) is 0.496. The first-order valence-electron chi connectivity index (χ1n) is 7.47. The van der Waals surface area contributed by atoms with Crippen molar-refractivity contribution in [1.29, 1.82) is 0 Å². The number of nitro groups is 1. The third-order valence-electron chi connectivity index (χ3n) is 3.28. The van der Waals surface area contributed by atoms with Gasteiger partial charge in [-0.25, -0.2) is 0 Å². The van der Waals surface area contributed by atoms with Crippen molar-refractivity contribution in [2.75, 3.05) is 5.32 Å². The second-order valence-electron chi connectivity index (χ2n) is 5.41. The van der Waals surface area contributed by atoms with Crippen molar-refractivity contribution >= 4 is 29.3 Å². The number of hydrogen-bond donors (Lipinski definition) is 2. The zero-order chi connectivity index (χ0) is 18.4. The van der Waals surface area contributed by atoms with E-state index < -0.39 is 16.7 Å². The van der Waals surface area contributed by atoms with Crippen LogP contribution in [-0.2, 0) is 9.59 Å². The number of anilines is 1. The van der Waals surface area contributed by atoms with Gasteiger partial charge in [0.1, 0.15) is 5.70 Å². The lowest BCUT2D eigenvalue weighted by Gasteiger charge is -2.10. The van der Waals surface area contributed by atoms with Gasteiger partial charge < -0.3 is 10.6 Å². The lowest BCUT2D eigenvalue weighted by molar-refractivity contribution is -0.384. The van der Waals surface area contributed by atoms with Gasteiger partial charge in [-0.2, -0.15) is 0 Å². The summed E-state index contributed by atoms with van der Waals surface area (Å²) in [7, 11) is 0. The monoisotopic (exact) mass is 339 g/mol. The Balaban J connectivity index is 2.24. The van der Waals surface area contributed by atoms with Gasteiger partial charge in [-0.05, 0) is 42.8 Å². The SMILES string of the molecule is CC(=O)N/C(=C\c1ccc([N+](=O)[O-])cc1)C(=O)Nc1ccc(C)cc1. The van der Waals surface area contributed by atoms with Gasteiger partial charge in [0.2, 0.25) is 5.91 Å². The molecule has 0 aliphatic rings. The Kier molecular flexibility index (Phi) is 5.62. The Hall–Kier alpha value is -3.48. The molecule has 2 aromatic rings. The molecule has 2 rings (SSSR count). The summed E-state index contributed by atoms with van der Waals surface area (Å²) in [6, 6.07) is 12.9. The number of nitrogens with zero attached hydrogens (tertiary/aromatic N) is 1. The van der Waals surface area contributed by atoms with Gasteiger partial charge in [-0.3, -0.25) is 19.7 Å². The van der Waals surface area contributed by atoms with Crippen molar-refractivity contribution in [3.63, 3.8) is 0 Å². The van der Waals surface area contributed by atoms with Crippen LogP contribution in [0.2, 0.25) is 0 Å². The summed E-state index contributed by atoms with van der Waals surface area (Å²) >= 11 is 0. The molecule has 128 valence electrons. The Morgan fingerprint density at radius 1 is 1.04 bits per heavy atom. The molecule has 0 saturated carbocycles. The third kappa shape index (κ3) is 5.28. The lowest BCUT2D eigenvalue weighted by Crippen LogP contribution is -2.28. The van der Waals surface area contributed by atoms with Crippen molar-refractivity contribution in [2.45, 2.75) is 13.8 Å². The Bertz CT molecular complexity index is 824. The molecule has 0 aliphatic carbocycles. The number of carbonyl (C=O) groups is 2. The summed E-state index contributed by atoms with van der Waals surface area (Å²) < 4.78 is 0. The minimum absolute atomic E-state index is 0.0435. The van der Waals surface area contributed by atoms with Gasteiger partial charge in [0.25, 0.3) is 11.6 Å². The van der Waals surface area contributed by atoms with Crippen molar-refractivity contribution < 1.29 is 14.5 Å². The van der Waals surface area contributed by atoms with Gasteiger partial charge in [-0.1, -0.05) is 17.7 Å². The van der Waals surface area contributed by atoms with E-state index in [0.29, 0.717) is 11.3 Å². The summed E-state index contributed by atoms with van der Waals surface area (Å²) in [5.74, 6) is -0.885. The number of non-ortho nitro benzene ring substituents is 1. The summed E-state index contributed by atoms with van der Waals surface area (Å²) in [5.41, 5.74) is 2.19. The van der Waals surface area contributed by atoms with Crippen molar-refractivity contribution in [1.82, 2.24) is 5.32 Å². The molecular weight excluding hydrogens is 322 g/mol. The molecule has 25 heavy (non-hydrogen) atoms. The first kappa shape index (κ1) is 17.9. The lowest BCUT2D eigenvalue weighted by atomic mass is 10.1. The predicted octanol–water partition coefficient (Wildman–Crippen LogP) is 3.02. The maximum absolute atomic E-state index is 12.4. The van der Waals surface area contributed by atoms with Crippen LogP contribution in [0.3, 0.4) is 0 Å². The summed E-state index contributed by atoms with van der Waals surface area (Å²) in [5, 5.41) is 15.9. The second kappa shape index (κ2) is 7.87. The highest BCUT2D eigenvalue weighted by Gasteiger charge is 2.12. The zero-order valence-corrected chi connectivity index (χ0v) is 13.8. The molecule has 0 saturated heterocycles. The number of nitrogens with one attached hydrogen (secondary N) is 2. The van der Waals surface area contributed by atoms with E-state index in [2.05, 4.69) is 10.6 Å². The van der Waals surface area contributed by atoms with E-state index in [4.69, 9.17) is 0 Å². The van der Waals surface area contributed by atoms with Crippen LogP contribution in [0.15, 0.2) is 54.2 Å². The molecular formula is C18H17N3O4. The van der Waals surface area contributed by atoms with Crippen LogP contribution in [0.5, 0.6) is 0 Å². The second-order valence-corrected chi connectivity index (χ2v) is 5.41. The number of nitro benzene ring substituents is 1. The topological polar surface area (TPSA) is 101 Å². The van der Waals surface area contributed by atoms with Crippen LogP contribution in [0.1, 0.15) is 18.1 Å². The van der Waals surface area contributed by atoms with E-state index in [-0.39, 0.29) is 11.4 Å². The first-order chi connectivity index (χ1) is 11.8. The average molecular weight is 339 g/mol. The largest absolute Gasteiger partial charge is 0.322 e. The van der Waals surface area contributed by atoms with Crippen molar-refractivity contribution in [2.24, 2.45) is 0 Å². The van der Waals surface area contributed by atoms with Crippen LogP contribution in [0.4, 0.5) is 11.4 Å². The van der Waals surface area contributed by atoms with E-state index >= 15 is 0 Å². The minimum atomic E-state index is -0.508. The molecule has 0 aromatic heterocycles. The van der Waals surface area contributed by atoms with Gasteiger partial charge >= 0.3 is 0 Å². The third-order valence-corrected chi connectivity index (χ3v) is 3.28. The van der Waals surface area contributed by atoms with Crippen LogP contribution in [0.25, 0.3) is 6.08 Å². The van der Waals surface area contributed by atoms with Crippen LogP contribution in [-0.4, -0.2) is 16.7 Å². The van der Waals surface area contributed by atoms with E-state index in [1.54, 1.807) is 12.1 Å². The molecule has 0 heterocycles. The molecule has 0 unspecified atom stereocenters. The molecule has 0 radical (unpaired) electrons. The van der Waals surface area contributed by atoms with Gasteiger partial charge in [0.05, 0.1) is 4.92 Å². The molecule has 2 N–H and O–H groups in total. The number of hydrogen-bond acceptors (Lipinski definition) is 4. The fourth-order valence-electron chi connectivity index (χ4n) is 2.04. The van der Waals surface area contributed by atoms with Crippen LogP contribution in [0, 0.1) is 17.0 Å². The normalized spacial score (nSPS) is 10.9. The molecule has 0 bridgehead atoms. The highest BCUT2D eigenvalue weighted by Crippen LogP contribution is 2.15. The molecule has 0 atom stereocenters. The molecule has 7 nitrogen and oxygen atoms in total. The molecule has 2 aromatic carbocycles. The maximum Gasteiger partial charge on any atom is 0.272 e. The first-order valence-corrected chi connectivity index (χ1v) is 7.47. The summed E-state index contributed by atoms with van der Waals surface area (Å²) in [6.45, 7) is 3.23. The fraction of sp³-hybridized carbons (Fsp3) is 0.111. The Morgan fingerprint density at radius 3 is 2.16 bits per heavy atom. The highest BCUT2D eigenvalue weighted by molar-refractivity contribution is 6.08. The summed E-state index contributed by atoms with van der Waals surface area (Å²) in [4.78, 5) is 34.0. The molecule has 0 fully saturated rings. The molecule has 7 heteroatoms. The molecule has 0 spiro atoms. The fourth-order valence-corrected chi connectivity index (χ4v) is 2.04. The van der Waals surface area contributed by atoms with E-state index in [1.165, 1.54) is 37.3 Å². The van der Waals surface area contributed by atoms with Crippen LogP contribution >= 0.6 is 0 Å². The number of amides is 2. The number of benzene rings is 2. The van der Waals surface area contributed by atoms with Gasteiger partial charge in [0.15, 0.2) is 0 Å². The van der Waals surface area contributed by atoms with Gasteiger partial charge in [-0.15, -0.1) is 0 Å². The van der Waals surface area contributed by atoms with Crippen LogP contribution < -0.4 is 10.6 Å². The Morgan fingerprint density at radius 2 is 1.64 bits per heavy atom. The van der Waals surface area contributed by atoms with Crippen molar-refractivity contribution in [3.8, 4) is 0 Å². The number of aryl methyl sites for hydroxylation is 1. The summed E-state index contributed by atoms with van der Waals surface area (Å²) in [6.07, 6.45) is 1.45.